The van der Waals surface area contributed by atoms with E-state index in [-0.39, 0.29) is 5.91 Å². The summed E-state index contributed by atoms with van der Waals surface area (Å²) in [4.78, 5) is 14.2. The van der Waals surface area contributed by atoms with Gasteiger partial charge in [0.15, 0.2) is 5.71 Å². The number of fused-ring (bicyclic) bond motifs is 1. The van der Waals surface area contributed by atoms with Crippen molar-refractivity contribution >= 4 is 23.5 Å². The summed E-state index contributed by atoms with van der Waals surface area (Å²) >= 11 is 0. The quantitative estimate of drug-likeness (QED) is 0.485. The third-order valence-corrected chi connectivity index (χ3v) is 3.65. The second-order valence-corrected chi connectivity index (χ2v) is 5.33. The van der Waals surface area contributed by atoms with Crippen LogP contribution in [0.25, 0.3) is 0 Å². The lowest BCUT2D eigenvalue weighted by Crippen LogP contribution is -2.30. The van der Waals surface area contributed by atoms with Crippen molar-refractivity contribution in [2.75, 3.05) is 11.4 Å². The minimum absolute atomic E-state index is 0.146. The van der Waals surface area contributed by atoms with Crippen LogP contribution in [0.1, 0.15) is 16.7 Å². The van der Waals surface area contributed by atoms with E-state index in [0.29, 0.717) is 12.3 Å². The van der Waals surface area contributed by atoms with Crippen molar-refractivity contribution in [3.8, 4) is 0 Å². The standard InChI is InChI=1S/C19H17N3O/c1-3-12-22-17-7-5-4-6-16(17)18(19(22)23)21-20-13-15-10-8-14(2)9-11-15/h3-11,13H,1,12H2,2H3/b20-13-,21-18-. The summed E-state index contributed by atoms with van der Waals surface area (Å²) in [5.74, 6) is -0.146. The maximum absolute atomic E-state index is 12.5. The van der Waals surface area contributed by atoms with Crippen LogP contribution in [-0.2, 0) is 4.79 Å². The number of para-hydroxylation sites is 1. The molecule has 0 fully saturated rings. The van der Waals surface area contributed by atoms with Crippen LogP contribution in [0.4, 0.5) is 5.69 Å². The fourth-order valence-corrected chi connectivity index (χ4v) is 2.47. The van der Waals surface area contributed by atoms with E-state index in [2.05, 4.69) is 16.8 Å². The van der Waals surface area contributed by atoms with E-state index < -0.39 is 0 Å². The Morgan fingerprint density at radius 3 is 2.61 bits per heavy atom. The smallest absolute Gasteiger partial charge is 0.279 e. The molecule has 0 spiro atoms. The fraction of sp³-hybridized carbons (Fsp3) is 0.105. The number of aryl methyl sites for hydroxylation is 1. The fourth-order valence-electron chi connectivity index (χ4n) is 2.47. The zero-order valence-electron chi connectivity index (χ0n) is 12.9. The van der Waals surface area contributed by atoms with E-state index in [1.807, 2.05) is 55.5 Å². The molecule has 3 rings (SSSR count). The van der Waals surface area contributed by atoms with Gasteiger partial charge in [0.1, 0.15) is 0 Å². The topological polar surface area (TPSA) is 45.0 Å². The first kappa shape index (κ1) is 14.9. The van der Waals surface area contributed by atoms with Crippen molar-refractivity contribution in [3.05, 3.63) is 77.9 Å². The number of amides is 1. The van der Waals surface area contributed by atoms with Gasteiger partial charge in [-0.15, -0.1) is 11.7 Å². The monoisotopic (exact) mass is 303 g/mol. The predicted molar refractivity (Wildman–Crippen MR) is 94.3 cm³/mol. The number of anilines is 1. The van der Waals surface area contributed by atoms with E-state index in [4.69, 9.17) is 0 Å². The van der Waals surface area contributed by atoms with Gasteiger partial charge in [-0.1, -0.05) is 54.1 Å². The number of nitrogens with zero attached hydrogens (tertiary/aromatic N) is 3. The lowest BCUT2D eigenvalue weighted by atomic mass is 10.1. The van der Waals surface area contributed by atoms with Crippen molar-refractivity contribution in [1.82, 2.24) is 0 Å². The van der Waals surface area contributed by atoms with Crippen LogP contribution in [0, 0.1) is 6.92 Å². The minimum atomic E-state index is -0.146. The Balaban J connectivity index is 1.91. The number of carbonyl (C=O) groups excluding carboxylic acids is 1. The van der Waals surface area contributed by atoms with E-state index >= 15 is 0 Å². The van der Waals surface area contributed by atoms with Gasteiger partial charge in [-0.2, -0.15) is 5.10 Å². The van der Waals surface area contributed by atoms with E-state index in [1.54, 1.807) is 17.2 Å². The van der Waals surface area contributed by atoms with Gasteiger partial charge in [0.25, 0.3) is 5.91 Å². The molecule has 0 N–H and O–H groups in total. The van der Waals surface area contributed by atoms with Gasteiger partial charge < -0.3 is 4.90 Å². The molecule has 0 saturated heterocycles. The number of hydrogen-bond acceptors (Lipinski definition) is 3. The number of hydrogen-bond donors (Lipinski definition) is 0. The second-order valence-electron chi connectivity index (χ2n) is 5.33. The Labute approximate surface area is 135 Å². The van der Waals surface area contributed by atoms with Crippen LogP contribution in [0.3, 0.4) is 0 Å². The normalized spacial score (nSPS) is 15.4. The van der Waals surface area contributed by atoms with Gasteiger partial charge in [-0.3, -0.25) is 4.79 Å². The zero-order valence-corrected chi connectivity index (χ0v) is 12.9. The van der Waals surface area contributed by atoms with Gasteiger partial charge in [0.05, 0.1) is 11.9 Å². The van der Waals surface area contributed by atoms with Crippen LogP contribution in [-0.4, -0.2) is 24.4 Å². The molecule has 1 amide bonds. The summed E-state index contributed by atoms with van der Waals surface area (Å²) in [6.45, 7) is 6.19. The highest BCUT2D eigenvalue weighted by Gasteiger charge is 2.32. The first-order valence-electron chi connectivity index (χ1n) is 7.40. The second kappa shape index (κ2) is 6.40. The van der Waals surface area contributed by atoms with E-state index in [0.717, 1.165) is 16.8 Å². The molecule has 0 aromatic heterocycles. The summed E-state index contributed by atoms with van der Waals surface area (Å²) in [5.41, 5.74) is 4.16. The lowest BCUT2D eigenvalue weighted by Gasteiger charge is -2.13. The summed E-state index contributed by atoms with van der Waals surface area (Å²) in [6.07, 6.45) is 3.35. The third-order valence-electron chi connectivity index (χ3n) is 3.65. The highest BCUT2D eigenvalue weighted by Crippen LogP contribution is 2.28. The van der Waals surface area contributed by atoms with Gasteiger partial charge >= 0.3 is 0 Å². The number of carbonyl (C=O) groups is 1. The molecule has 1 aliphatic heterocycles. The highest BCUT2D eigenvalue weighted by molar-refractivity contribution is 6.54. The number of rotatable bonds is 4. The van der Waals surface area contributed by atoms with Gasteiger partial charge in [0, 0.05) is 12.1 Å². The Morgan fingerprint density at radius 2 is 1.87 bits per heavy atom. The molecule has 1 heterocycles. The average molecular weight is 303 g/mol. The molecule has 0 saturated carbocycles. The van der Waals surface area contributed by atoms with E-state index in [9.17, 15) is 4.79 Å². The molecule has 2 aromatic carbocycles. The van der Waals surface area contributed by atoms with Crippen LogP contribution < -0.4 is 4.90 Å². The molecule has 23 heavy (non-hydrogen) atoms. The molecule has 0 unspecified atom stereocenters. The zero-order chi connectivity index (χ0) is 16.2. The summed E-state index contributed by atoms with van der Waals surface area (Å²) in [6, 6.07) is 15.5. The molecule has 4 nitrogen and oxygen atoms in total. The SMILES string of the molecule is C=CCN1C(=O)/C(=N\N=C/c2ccc(C)cc2)c2ccccc21. The number of benzene rings is 2. The third kappa shape index (κ3) is 2.97. The Hall–Kier alpha value is -3.01. The van der Waals surface area contributed by atoms with Crippen molar-refractivity contribution in [2.45, 2.75) is 6.92 Å². The Morgan fingerprint density at radius 1 is 1.13 bits per heavy atom. The highest BCUT2D eigenvalue weighted by atomic mass is 16.2. The molecule has 0 radical (unpaired) electrons. The Kier molecular flexibility index (Phi) is 4.15. The molecule has 0 aliphatic carbocycles. The first-order valence-corrected chi connectivity index (χ1v) is 7.40. The van der Waals surface area contributed by atoms with Crippen molar-refractivity contribution in [1.29, 1.82) is 0 Å². The average Bonchev–Trinajstić information content (AvgIpc) is 2.83. The Bertz CT molecular complexity index is 804. The molecular weight excluding hydrogens is 286 g/mol. The van der Waals surface area contributed by atoms with Crippen molar-refractivity contribution < 1.29 is 4.79 Å². The molecule has 0 bridgehead atoms. The summed E-state index contributed by atoms with van der Waals surface area (Å²) in [5, 5.41) is 8.24. The van der Waals surface area contributed by atoms with Crippen molar-refractivity contribution in [3.63, 3.8) is 0 Å². The molecule has 114 valence electrons. The summed E-state index contributed by atoms with van der Waals surface area (Å²) in [7, 11) is 0. The largest absolute Gasteiger partial charge is 0.302 e. The van der Waals surface area contributed by atoms with Gasteiger partial charge in [-0.05, 0) is 18.6 Å². The summed E-state index contributed by atoms with van der Waals surface area (Å²) < 4.78 is 0. The van der Waals surface area contributed by atoms with E-state index in [1.165, 1.54) is 5.56 Å². The maximum atomic E-state index is 12.5. The lowest BCUT2D eigenvalue weighted by molar-refractivity contribution is -0.112. The van der Waals surface area contributed by atoms with Crippen LogP contribution in [0.2, 0.25) is 0 Å². The molecular formula is C19H17N3O. The van der Waals surface area contributed by atoms with Crippen molar-refractivity contribution in [2.24, 2.45) is 10.2 Å². The molecule has 2 aromatic rings. The van der Waals surface area contributed by atoms with Gasteiger partial charge in [-0.25, -0.2) is 0 Å². The molecule has 1 aliphatic rings. The molecule has 4 heteroatoms. The van der Waals surface area contributed by atoms with Gasteiger partial charge in [0.2, 0.25) is 0 Å². The van der Waals surface area contributed by atoms with Crippen LogP contribution in [0.5, 0.6) is 0 Å². The first-order chi connectivity index (χ1) is 11.2. The maximum Gasteiger partial charge on any atom is 0.279 e. The van der Waals surface area contributed by atoms with Crippen LogP contribution in [0.15, 0.2) is 71.4 Å². The predicted octanol–water partition coefficient (Wildman–Crippen LogP) is 3.35. The minimum Gasteiger partial charge on any atom is -0.302 e. The van der Waals surface area contributed by atoms with Crippen LogP contribution >= 0.6 is 0 Å². The molecule has 0 atom stereocenters.